The molecule has 0 spiro atoms. The maximum atomic E-state index is 11.6. The van der Waals surface area contributed by atoms with Gasteiger partial charge < -0.3 is 14.4 Å². The molecule has 0 aliphatic heterocycles. The Hall–Kier alpha value is -0.850. The Morgan fingerprint density at radius 1 is 1.55 bits per heavy atom. The molecule has 1 saturated carbocycles. The van der Waals surface area contributed by atoms with Gasteiger partial charge in [0.15, 0.2) is 15.2 Å². The van der Waals surface area contributed by atoms with Gasteiger partial charge in [0.05, 0.1) is 13.7 Å². The molecule has 1 aliphatic rings. The van der Waals surface area contributed by atoms with Crippen molar-refractivity contribution in [2.45, 2.75) is 25.8 Å². The largest absolute Gasteiger partial charge is 0.465 e. The molecule has 1 aliphatic carbocycles. The molecule has 0 aromatic carbocycles. The lowest BCUT2D eigenvalue weighted by molar-refractivity contribution is 0.0606. The Bertz CT molecular complexity index is 476. The van der Waals surface area contributed by atoms with E-state index in [-0.39, 0.29) is 5.15 Å². The van der Waals surface area contributed by atoms with E-state index in [0.717, 1.165) is 11.7 Å². The Balaban J connectivity index is 2.21. The van der Waals surface area contributed by atoms with Crippen LogP contribution >= 0.6 is 22.9 Å². The molecule has 0 radical (unpaired) electrons. The van der Waals surface area contributed by atoms with Crippen LogP contribution in [-0.4, -0.2) is 44.4 Å². The van der Waals surface area contributed by atoms with Crippen LogP contribution in [0.25, 0.3) is 0 Å². The molecule has 20 heavy (non-hydrogen) atoms. The maximum Gasteiger partial charge on any atom is 0.351 e. The Labute approximate surface area is 127 Å². The summed E-state index contributed by atoms with van der Waals surface area (Å²) < 4.78 is 9.88. The van der Waals surface area contributed by atoms with Crippen LogP contribution in [0.15, 0.2) is 0 Å². The van der Waals surface area contributed by atoms with E-state index in [9.17, 15) is 4.79 Å². The average molecular weight is 319 g/mol. The molecule has 0 saturated heterocycles. The summed E-state index contributed by atoms with van der Waals surface area (Å²) in [4.78, 5) is 18.5. The third-order valence-electron chi connectivity index (χ3n) is 3.52. The highest BCUT2D eigenvalue weighted by molar-refractivity contribution is 7.18. The first-order chi connectivity index (χ1) is 9.58. The number of methoxy groups -OCH3 is 2. The third-order valence-corrected chi connectivity index (χ3v) is 4.98. The Morgan fingerprint density at radius 2 is 2.25 bits per heavy atom. The van der Waals surface area contributed by atoms with Crippen molar-refractivity contribution in [1.82, 2.24) is 4.98 Å². The monoisotopic (exact) mass is 318 g/mol. The van der Waals surface area contributed by atoms with Crippen molar-refractivity contribution in [3.05, 3.63) is 10.0 Å². The minimum absolute atomic E-state index is 0.210. The molecular weight excluding hydrogens is 300 g/mol. The second kappa shape index (κ2) is 6.74. The number of esters is 1. The summed E-state index contributed by atoms with van der Waals surface area (Å²) in [5.41, 5.74) is 0. The number of carbonyl (C=O) groups excluding carboxylic acids is 1. The summed E-state index contributed by atoms with van der Waals surface area (Å²) in [6, 6.07) is 0.373. The van der Waals surface area contributed by atoms with Gasteiger partial charge in [-0.05, 0) is 25.7 Å². The second-order valence-corrected chi connectivity index (χ2v) is 6.21. The maximum absolute atomic E-state index is 11.6. The van der Waals surface area contributed by atoms with E-state index in [4.69, 9.17) is 21.1 Å². The highest BCUT2D eigenvalue weighted by Gasteiger charge is 2.34. The van der Waals surface area contributed by atoms with Crippen molar-refractivity contribution < 1.29 is 14.3 Å². The molecule has 1 aromatic rings. The number of carbonyl (C=O) groups is 1. The van der Waals surface area contributed by atoms with Gasteiger partial charge in [0.2, 0.25) is 0 Å². The molecule has 2 rings (SSSR count). The topological polar surface area (TPSA) is 51.7 Å². The van der Waals surface area contributed by atoms with Crippen molar-refractivity contribution >= 4 is 34.0 Å². The van der Waals surface area contributed by atoms with Gasteiger partial charge in [0, 0.05) is 19.7 Å². The Kier molecular flexibility index (Phi) is 5.23. The molecule has 1 unspecified atom stereocenters. The highest BCUT2D eigenvalue weighted by Crippen LogP contribution is 2.39. The van der Waals surface area contributed by atoms with E-state index in [1.807, 2.05) is 0 Å². The molecule has 1 aromatic heterocycles. The molecule has 0 amide bonds. The number of hydrogen-bond acceptors (Lipinski definition) is 6. The minimum atomic E-state index is -0.440. The number of hydrogen-bond donors (Lipinski definition) is 0. The van der Waals surface area contributed by atoms with Gasteiger partial charge in [-0.3, -0.25) is 0 Å². The van der Waals surface area contributed by atoms with Crippen molar-refractivity contribution in [3.63, 3.8) is 0 Å². The number of thiazole rings is 1. The van der Waals surface area contributed by atoms with Crippen LogP contribution in [0.1, 0.15) is 29.4 Å². The van der Waals surface area contributed by atoms with Crippen molar-refractivity contribution in [2.24, 2.45) is 5.92 Å². The molecule has 112 valence electrons. The summed E-state index contributed by atoms with van der Waals surface area (Å²) in [7, 11) is 3.02. The molecule has 5 nitrogen and oxygen atoms in total. The molecule has 7 heteroatoms. The van der Waals surface area contributed by atoms with Gasteiger partial charge in [-0.2, -0.15) is 0 Å². The van der Waals surface area contributed by atoms with Crippen LogP contribution in [0.5, 0.6) is 0 Å². The average Bonchev–Trinajstić information content (AvgIpc) is 3.22. The number of aromatic nitrogens is 1. The zero-order chi connectivity index (χ0) is 14.7. The second-order valence-electron chi connectivity index (χ2n) is 4.87. The van der Waals surface area contributed by atoms with Gasteiger partial charge in [-0.1, -0.05) is 22.9 Å². The highest BCUT2D eigenvalue weighted by atomic mass is 35.5. The predicted octanol–water partition coefficient (Wildman–Crippen LogP) is 2.83. The number of ether oxygens (including phenoxy) is 2. The van der Waals surface area contributed by atoms with Gasteiger partial charge in [0.1, 0.15) is 0 Å². The fourth-order valence-electron chi connectivity index (χ4n) is 2.13. The van der Waals surface area contributed by atoms with Gasteiger partial charge in [0.25, 0.3) is 0 Å². The summed E-state index contributed by atoms with van der Waals surface area (Å²) >= 11 is 7.31. The summed E-state index contributed by atoms with van der Waals surface area (Å²) in [6.07, 6.45) is 2.49. The van der Waals surface area contributed by atoms with Crippen LogP contribution in [-0.2, 0) is 9.47 Å². The standard InChI is InChI=1S/C13H19ClN2O3S/c1-8(9-4-5-9)16(6-7-18-2)13-15-11(14)10(20-13)12(17)19-3/h8-9H,4-7H2,1-3H3. The normalized spacial score (nSPS) is 16.0. The zero-order valence-corrected chi connectivity index (χ0v) is 13.5. The quantitative estimate of drug-likeness (QED) is 0.724. The lowest BCUT2D eigenvalue weighted by atomic mass is 10.2. The van der Waals surface area contributed by atoms with Crippen molar-refractivity contribution in [2.75, 3.05) is 32.3 Å². The minimum Gasteiger partial charge on any atom is -0.465 e. The number of nitrogens with zero attached hydrogens (tertiary/aromatic N) is 2. The van der Waals surface area contributed by atoms with Crippen LogP contribution in [0.3, 0.4) is 0 Å². The van der Waals surface area contributed by atoms with E-state index in [1.54, 1.807) is 7.11 Å². The first kappa shape index (κ1) is 15.5. The zero-order valence-electron chi connectivity index (χ0n) is 11.9. The predicted molar refractivity (Wildman–Crippen MR) is 79.9 cm³/mol. The lowest BCUT2D eigenvalue weighted by Crippen LogP contribution is -2.37. The third kappa shape index (κ3) is 3.42. The Morgan fingerprint density at radius 3 is 2.80 bits per heavy atom. The van der Waals surface area contributed by atoms with E-state index in [0.29, 0.717) is 23.4 Å². The molecule has 0 bridgehead atoms. The van der Waals surface area contributed by atoms with Crippen molar-refractivity contribution in [3.8, 4) is 0 Å². The van der Waals surface area contributed by atoms with Gasteiger partial charge >= 0.3 is 5.97 Å². The molecule has 1 fully saturated rings. The lowest BCUT2D eigenvalue weighted by Gasteiger charge is -2.28. The molecular formula is C13H19ClN2O3S. The van der Waals surface area contributed by atoms with Crippen LogP contribution in [0.4, 0.5) is 5.13 Å². The first-order valence-corrected chi connectivity index (χ1v) is 7.78. The first-order valence-electron chi connectivity index (χ1n) is 6.58. The van der Waals surface area contributed by atoms with Gasteiger partial charge in [-0.15, -0.1) is 0 Å². The fraction of sp³-hybridized carbons (Fsp3) is 0.692. The van der Waals surface area contributed by atoms with Gasteiger partial charge in [-0.25, -0.2) is 9.78 Å². The van der Waals surface area contributed by atoms with Crippen molar-refractivity contribution in [1.29, 1.82) is 0 Å². The summed E-state index contributed by atoms with van der Waals surface area (Å²) in [5.74, 6) is 0.251. The van der Waals surface area contributed by atoms with E-state index >= 15 is 0 Å². The smallest absolute Gasteiger partial charge is 0.351 e. The molecule has 1 atom stereocenters. The van der Waals surface area contributed by atoms with E-state index < -0.39 is 5.97 Å². The SMILES string of the molecule is COCCN(c1nc(Cl)c(C(=O)OC)s1)C(C)C1CC1. The fourth-order valence-corrected chi connectivity index (χ4v) is 3.44. The van der Waals surface area contributed by atoms with Crippen LogP contribution in [0, 0.1) is 5.92 Å². The summed E-state index contributed by atoms with van der Waals surface area (Å²) in [5, 5.41) is 0.967. The van der Waals surface area contributed by atoms with E-state index in [2.05, 4.69) is 16.8 Å². The summed E-state index contributed by atoms with van der Waals surface area (Å²) in [6.45, 7) is 3.53. The van der Waals surface area contributed by atoms with Crippen LogP contribution in [0.2, 0.25) is 5.15 Å². The molecule has 1 heterocycles. The van der Waals surface area contributed by atoms with E-state index in [1.165, 1.54) is 31.3 Å². The molecule has 0 N–H and O–H groups in total. The number of halogens is 1. The van der Waals surface area contributed by atoms with Crippen LogP contribution < -0.4 is 4.90 Å². The number of anilines is 1. The number of rotatable bonds is 7.